The van der Waals surface area contributed by atoms with Gasteiger partial charge in [-0.1, -0.05) is 0 Å². The van der Waals surface area contributed by atoms with Gasteiger partial charge in [0.15, 0.2) is 0 Å². The van der Waals surface area contributed by atoms with Gasteiger partial charge in [0.25, 0.3) is 0 Å². The van der Waals surface area contributed by atoms with E-state index < -0.39 is 0 Å². The van der Waals surface area contributed by atoms with E-state index in [4.69, 9.17) is 4.74 Å². The first-order chi connectivity index (χ1) is 6.83. The first-order valence-corrected chi connectivity index (χ1v) is 5.05. The molecule has 0 saturated carbocycles. The lowest BCUT2D eigenvalue weighted by atomic mass is 9.98. The maximum atomic E-state index is 5.40. The van der Waals surface area contributed by atoms with E-state index in [1.54, 1.807) is 0 Å². The van der Waals surface area contributed by atoms with Gasteiger partial charge in [-0.05, 0) is 13.5 Å². The Morgan fingerprint density at radius 2 is 2.57 bits per heavy atom. The highest BCUT2D eigenvalue weighted by Crippen LogP contribution is 2.26. The van der Waals surface area contributed by atoms with Crippen molar-refractivity contribution in [2.24, 2.45) is 13.0 Å². The molecule has 0 spiro atoms. The molecule has 0 aromatic carbocycles. The molecule has 0 radical (unpaired) electrons. The van der Waals surface area contributed by atoms with Crippen LogP contribution in [0.4, 0.5) is 0 Å². The summed E-state index contributed by atoms with van der Waals surface area (Å²) < 4.78 is 7.47. The molecule has 4 heteroatoms. The van der Waals surface area contributed by atoms with Crippen molar-refractivity contribution >= 4 is 0 Å². The van der Waals surface area contributed by atoms with Crippen molar-refractivity contribution in [3.8, 4) is 0 Å². The number of rotatable bonds is 3. The molecule has 2 rings (SSSR count). The molecule has 14 heavy (non-hydrogen) atoms. The maximum Gasteiger partial charge on any atom is 0.125 e. The van der Waals surface area contributed by atoms with Crippen LogP contribution in [0, 0.1) is 5.92 Å². The van der Waals surface area contributed by atoms with Crippen LogP contribution in [-0.2, 0) is 11.8 Å². The van der Waals surface area contributed by atoms with Gasteiger partial charge in [0.1, 0.15) is 5.82 Å². The highest BCUT2D eigenvalue weighted by Gasteiger charge is 2.28. The van der Waals surface area contributed by atoms with Crippen LogP contribution in [0.3, 0.4) is 0 Å². The summed E-state index contributed by atoms with van der Waals surface area (Å²) in [6, 6.07) is 0.317. The summed E-state index contributed by atoms with van der Waals surface area (Å²) in [5.74, 6) is 1.66. The predicted molar refractivity (Wildman–Crippen MR) is 53.9 cm³/mol. The third kappa shape index (κ3) is 1.67. The van der Waals surface area contributed by atoms with E-state index in [0.29, 0.717) is 12.0 Å². The second-order valence-electron chi connectivity index (χ2n) is 3.79. The predicted octanol–water partition coefficient (Wildman–Crippen LogP) is 0.717. The van der Waals surface area contributed by atoms with Crippen molar-refractivity contribution in [3.63, 3.8) is 0 Å². The lowest BCUT2D eigenvalue weighted by Gasteiger charge is -2.21. The number of aryl methyl sites for hydroxylation is 1. The molecule has 2 unspecified atom stereocenters. The number of imidazole rings is 1. The Hall–Kier alpha value is -0.870. The van der Waals surface area contributed by atoms with E-state index in [9.17, 15) is 0 Å². The standard InChI is InChI=1S/C10H17N3O/c1-11-9(8-3-6-14-7-8)10-12-4-5-13(10)2/h4-5,8-9,11H,3,6-7H2,1-2H3. The average molecular weight is 195 g/mol. The minimum absolute atomic E-state index is 0.317. The third-order valence-electron chi connectivity index (χ3n) is 2.88. The number of aromatic nitrogens is 2. The van der Waals surface area contributed by atoms with Gasteiger partial charge in [0.05, 0.1) is 12.6 Å². The van der Waals surface area contributed by atoms with E-state index in [1.807, 2.05) is 26.5 Å². The van der Waals surface area contributed by atoms with Crippen molar-refractivity contribution in [2.45, 2.75) is 12.5 Å². The van der Waals surface area contributed by atoms with Crippen LogP contribution in [0.15, 0.2) is 12.4 Å². The Morgan fingerprint density at radius 1 is 1.71 bits per heavy atom. The Kier molecular flexibility index (Phi) is 2.84. The van der Waals surface area contributed by atoms with Crippen LogP contribution in [0.1, 0.15) is 18.3 Å². The number of ether oxygens (including phenoxy) is 1. The van der Waals surface area contributed by atoms with E-state index in [-0.39, 0.29) is 0 Å². The van der Waals surface area contributed by atoms with Gasteiger partial charge >= 0.3 is 0 Å². The third-order valence-corrected chi connectivity index (χ3v) is 2.88. The average Bonchev–Trinajstić information content (AvgIpc) is 2.80. The van der Waals surface area contributed by atoms with Crippen LogP contribution in [0.5, 0.6) is 0 Å². The second kappa shape index (κ2) is 4.11. The summed E-state index contributed by atoms with van der Waals surface area (Å²) in [6.45, 7) is 1.73. The van der Waals surface area contributed by atoms with Gasteiger partial charge < -0.3 is 14.6 Å². The van der Waals surface area contributed by atoms with Gasteiger partial charge in [0, 0.05) is 32.0 Å². The minimum atomic E-state index is 0.317. The molecule has 0 bridgehead atoms. The SMILES string of the molecule is CNC(c1nccn1C)C1CCOC1. The lowest BCUT2D eigenvalue weighted by Crippen LogP contribution is -2.28. The number of nitrogens with one attached hydrogen (secondary N) is 1. The molecule has 0 amide bonds. The Bertz CT molecular complexity index is 291. The van der Waals surface area contributed by atoms with Crippen LogP contribution in [0.2, 0.25) is 0 Å². The molecule has 0 aliphatic carbocycles. The molecule has 1 fully saturated rings. The first kappa shape index (κ1) is 9.68. The number of nitrogens with zero attached hydrogens (tertiary/aromatic N) is 2. The number of hydrogen-bond acceptors (Lipinski definition) is 3. The lowest BCUT2D eigenvalue weighted by molar-refractivity contribution is 0.176. The van der Waals surface area contributed by atoms with E-state index in [2.05, 4.69) is 14.9 Å². The quantitative estimate of drug-likeness (QED) is 0.772. The molecule has 4 nitrogen and oxygen atoms in total. The molecular formula is C10H17N3O. The van der Waals surface area contributed by atoms with Crippen LogP contribution < -0.4 is 5.32 Å². The topological polar surface area (TPSA) is 39.1 Å². The Labute approximate surface area is 84.3 Å². The Morgan fingerprint density at radius 3 is 3.07 bits per heavy atom. The van der Waals surface area contributed by atoms with Crippen molar-refractivity contribution in [1.29, 1.82) is 0 Å². The molecule has 1 aromatic heterocycles. The van der Waals surface area contributed by atoms with Gasteiger partial charge in [-0.25, -0.2) is 4.98 Å². The summed E-state index contributed by atoms with van der Waals surface area (Å²) in [6.07, 6.45) is 4.95. The first-order valence-electron chi connectivity index (χ1n) is 5.05. The molecule has 1 aliphatic heterocycles. The molecule has 2 heterocycles. The summed E-state index contributed by atoms with van der Waals surface area (Å²) in [7, 11) is 4.01. The van der Waals surface area contributed by atoms with Crippen molar-refractivity contribution in [2.75, 3.05) is 20.3 Å². The fourth-order valence-electron chi connectivity index (χ4n) is 2.07. The molecule has 1 N–H and O–H groups in total. The van der Waals surface area contributed by atoms with Gasteiger partial charge in [-0.3, -0.25) is 0 Å². The number of hydrogen-bond donors (Lipinski definition) is 1. The van der Waals surface area contributed by atoms with Crippen LogP contribution in [0.25, 0.3) is 0 Å². The smallest absolute Gasteiger partial charge is 0.125 e. The molecule has 2 atom stereocenters. The second-order valence-corrected chi connectivity index (χ2v) is 3.79. The van der Waals surface area contributed by atoms with Gasteiger partial charge in [0.2, 0.25) is 0 Å². The molecule has 1 saturated heterocycles. The van der Waals surface area contributed by atoms with E-state index >= 15 is 0 Å². The van der Waals surface area contributed by atoms with E-state index in [1.165, 1.54) is 0 Å². The van der Waals surface area contributed by atoms with Crippen molar-refractivity contribution < 1.29 is 4.74 Å². The zero-order chi connectivity index (χ0) is 9.97. The molecule has 1 aromatic rings. The minimum Gasteiger partial charge on any atom is -0.381 e. The monoisotopic (exact) mass is 195 g/mol. The van der Waals surface area contributed by atoms with Crippen molar-refractivity contribution in [3.05, 3.63) is 18.2 Å². The summed E-state index contributed by atoms with van der Waals surface area (Å²) in [4.78, 5) is 4.38. The largest absolute Gasteiger partial charge is 0.381 e. The molecule has 1 aliphatic rings. The molecular weight excluding hydrogens is 178 g/mol. The summed E-state index contributed by atoms with van der Waals surface area (Å²) in [5, 5.41) is 3.32. The van der Waals surface area contributed by atoms with Crippen molar-refractivity contribution in [1.82, 2.24) is 14.9 Å². The maximum absolute atomic E-state index is 5.40. The van der Waals surface area contributed by atoms with Crippen LogP contribution >= 0.6 is 0 Å². The zero-order valence-electron chi connectivity index (χ0n) is 8.73. The van der Waals surface area contributed by atoms with E-state index in [0.717, 1.165) is 25.5 Å². The van der Waals surface area contributed by atoms with Gasteiger partial charge in [-0.2, -0.15) is 0 Å². The fourth-order valence-corrected chi connectivity index (χ4v) is 2.07. The summed E-state index contributed by atoms with van der Waals surface area (Å²) in [5.41, 5.74) is 0. The highest BCUT2D eigenvalue weighted by atomic mass is 16.5. The van der Waals surface area contributed by atoms with Gasteiger partial charge in [-0.15, -0.1) is 0 Å². The zero-order valence-corrected chi connectivity index (χ0v) is 8.73. The fraction of sp³-hybridized carbons (Fsp3) is 0.700. The summed E-state index contributed by atoms with van der Waals surface area (Å²) >= 11 is 0. The van der Waals surface area contributed by atoms with Crippen LogP contribution in [-0.4, -0.2) is 29.8 Å². The normalized spacial score (nSPS) is 24.0. The Balaban J connectivity index is 2.16. The highest BCUT2D eigenvalue weighted by molar-refractivity contribution is 5.01. The molecule has 78 valence electrons.